The molecule has 0 aliphatic carbocycles. The first-order chi connectivity index (χ1) is 18.5. The fraction of sp³-hybridized carbons (Fsp3) is 0.250. The van der Waals surface area contributed by atoms with Crippen LogP contribution in [0.4, 0.5) is 0 Å². The topological polar surface area (TPSA) is 70.1 Å². The van der Waals surface area contributed by atoms with Crippen LogP contribution in [0.5, 0.6) is 11.5 Å². The Morgan fingerprint density at radius 3 is 2.29 bits per heavy atom. The molecule has 1 atom stereocenters. The van der Waals surface area contributed by atoms with Gasteiger partial charge in [-0.05, 0) is 67.5 Å². The summed E-state index contributed by atoms with van der Waals surface area (Å²) in [5.74, 6) is -0.147. The van der Waals surface area contributed by atoms with E-state index in [0.717, 1.165) is 31.6 Å². The molecular formula is C32H34N2O4. The predicted molar refractivity (Wildman–Crippen MR) is 150 cm³/mol. The van der Waals surface area contributed by atoms with E-state index in [1.807, 2.05) is 84.9 Å². The largest absolute Gasteiger partial charge is 0.503 e. The molecule has 1 aliphatic heterocycles. The molecular weight excluding hydrogens is 476 g/mol. The van der Waals surface area contributed by atoms with Gasteiger partial charge < -0.3 is 19.6 Å². The number of ketones is 1. The van der Waals surface area contributed by atoms with Crippen LogP contribution in [-0.4, -0.2) is 52.8 Å². The minimum absolute atomic E-state index is 0.0851. The van der Waals surface area contributed by atoms with Gasteiger partial charge in [-0.25, -0.2) is 0 Å². The van der Waals surface area contributed by atoms with E-state index in [4.69, 9.17) is 4.74 Å². The standard InChI is InChI=1S/C32H34N2O4/c1-3-33(4-2)21-12-22-34-30(25-15-11-18-27(23-25)38-26-16-9-6-10-17-26)29(31(36)32(34)37)28(35)20-19-24-13-7-5-8-14-24/h5-11,13-20,23,30,36H,3-4,12,21-22H2,1-2H3/b20-19+. The van der Waals surface area contributed by atoms with Crippen LogP contribution >= 0.6 is 0 Å². The molecule has 0 radical (unpaired) electrons. The van der Waals surface area contributed by atoms with Gasteiger partial charge in [-0.1, -0.05) is 80.6 Å². The average molecular weight is 511 g/mol. The van der Waals surface area contributed by atoms with Crippen molar-refractivity contribution in [2.75, 3.05) is 26.2 Å². The summed E-state index contributed by atoms with van der Waals surface area (Å²) in [6.07, 6.45) is 3.84. The lowest BCUT2D eigenvalue weighted by atomic mass is 9.95. The Hall–Kier alpha value is -4.16. The summed E-state index contributed by atoms with van der Waals surface area (Å²) in [6, 6.07) is 25.5. The van der Waals surface area contributed by atoms with Gasteiger partial charge in [-0.3, -0.25) is 9.59 Å². The summed E-state index contributed by atoms with van der Waals surface area (Å²) in [5, 5.41) is 10.9. The fourth-order valence-electron chi connectivity index (χ4n) is 4.69. The molecule has 38 heavy (non-hydrogen) atoms. The van der Waals surface area contributed by atoms with Crippen molar-refractivity contribution in [1.29, 1.82) is 0 Å². The summed E-state index contributed by atoms with van der Waals surface area (Å²) in [5.41, 5.74) is 1.65. The van der Waals surface area contributed by atoms with Gasteiger partial charge in [0.1, 0.15) is 11.5 Å². The normalized spacial score (nSPS) is 15.6. The van der Waals surface area contributed by atoms with Crippen molar-refractivity contribution in [2.45, 2.75) is 26.3 Å². The van der Waals surface area contributed by atoms with Gasteiger partial charge in [0, 0.05) is 6.54 Å². The van der Waals surface area contributed by atoms with Crippen LogP contribution in [0.25, 0.3) is 6.08 Å². The lowest BCUT2D eigenvalue weighted by molar-refractivity contribution is -0.129. The molecule has 196 valence electrons. The van der Waals surface area contributed by atoms with Crippen molar-refractivity contribution in [3.05, 3.63) is 113 Å². The number of hydrogen-bond donors (Lipinski definition) is 1. The molecule has 1 unspecified atom stereocenters. The van der Waals surface area contributed by atoms with E-state index in [9.17, 15) is 14.7 Å². The van der Waals surface area contributed by atoms with Crippen molar-refractivity contribution in [3.63, 3.8) is 0 Å². The summed E-state index contributed by atoms with van der Waals surface area (Å²) < 4.78 is 6.02. The van der Waals surface area contributed by atoms with E-state index in [1.165, 1.54) is 6.08 Å². The second-order valence-electron chi connectivity index (χ2n) is 9.14. The third kappa shape index (κ3) is 6.39. The van der Waals surface area contributed by atoms with Crippen LogP contribution in [0, 0.1) is 0 Å². The molecule has 1 aliphatic rings. The van der Waals surface area contributed by atoms with Gasteiger partial charge in [-0.2, -0.15) is 0 Å². The molecule has 1 N–H and O–H groups in total. The van der Waals surface area contributed by atoms with Gasteiger partial charge in [0.25, 0.3) is 5.91 Å². The number of carbonyl (C=O) groups excluding carboxylic acids is 2. The van der Waals surface area contributed by atoms with Crippen molar-refractivity contribution in [2.24, 2.45) is 0 Å². The zero-order chi connectivity index (χ0) is 26.9. The van der Waals surface area contributed by atoms with E-state index in [0.29, 0.717) is 23.6 Å². The van der Waals surface area contributed by atoms with Gasteiger partial charge in [-0.15, -0.1) is 0 Å². The first-order valence-electron chi connectivity index (χ1n) is 13.1. The minimum Gasteiger partial charge on any atom is -0.503 e. The molecule has 0 spiro atoms. The van der Waals surface area contributed by atoms with Gasteiger partial charge in [0.15, 0.2) is 11.5 Å². The Labute approximate surface area is 224 Å². The van der Waals surface area contributed by atoms with Crippen LogP contribution in [0.15, 0.2) is 102 Å². The molecule has 0 fully saturated rings. The van der Waals surface area contributed by atoms with Crippen LogP contribution in [0.2, 0.25) is 0 Å². The number of ether oxygens (including phenoxy) is 1. The van der Waals surface area contributed by atoms with E-state index in [-0.39, 0.29) is 5.57 Å². The lowest BCUT2D eigenvalue weighted by Gasteiger charge is -2.28. The van der Waals surface area contributed by atoms with Crippen molar-refractivity contribution < 1.29 is 19.4 Å². The number of benzene rings is 3. The Morgan fingerprint density at radius 1 is 0.947 bits per heavy atom. The maximum absolute atomic E-state index is 13.4. The number of hydrogen-bond acceptors (Lipinski definition) is 5. The quantitative estimate of drug-likeness (QED) is 0.294. The van der Waals surface area contributed by atoms with Gasteiger partial charge in [0.2, 0.25) is 0 Å². The molecule has 6 nitrogen and oxygen atoms in total. The van der Waals surface area contributed by atoms with E-state index < -0.39 is 23.5 Å². The first kappa shape index (κ1) is 26.9. The maximum atomic E-state index is 13.4. The predicted octanol–water partition coefficient (Wildman–Crippen LogP) is 6.19. The number of allylic oxidation sites excluding steroid dienone is 1. The van der Waals surface area contributed by atoms with Gasteiger partial charge >= 0.3 is 0 Å². The molecule has 4 rings (SSSR count). The lowest BCUT2D eigenvalue weighted by Crippen LogP contribution is -2.34. The number of amides is 1. The summed E-state index contributed by atoms with van der Waals surface area (Å²) in [6.45, 7) is 7.28. The average Bonchev–Trinajstić information content (AvgIpc) is 3.20. The fourth-order valence-corrected chi connectivity index (χ4v) is 4.69. The molecule has 3 aromatic rings. The molecule has 0 saturated heterocycles. The zero-order valence-electron chi connectivity index (χ0n) is 21.9. The molecule has 1 heterocycles. The molecule has 3 aromatic carbocycles. The Kier molecular flexibility index (Phi) is 9.11. The minimum atomic E-state index is -0.716. The monoisotopic (exact) mass is 510 g/mol. The van der Waals surface area contributed by atoms with Crippen molar-refractivity contribution in [1.82, 2.24) is 9.80 Å². The Bertz CT molecular complexity index is 1300. The number of aliphatic hydroxyl groups excluding tert-OH is 1. The smallest absolute Gasteiger partial charge is 0.290 e. The Balaban J connectivity index is 1.65. The number of carbonyl (C=O) groups is 2. The maximum Gasteiger partial charge on any atom is 0.290 e. The molecule has 6 heteroatoms. The highest BCUT2D eigenvalue weighted by Gasteiger charge is 2.42. The zero-order valence-corrected chi connectivity index (χ0v) is 21.9. The number of para-hydroxylation sites is 1. The number of rotatable bonds is 12. The highest BCUT2D eigenvalue weighted by Crippen LogP contribution is 2.39. The highest BCUT2D eigenvalue weighted by molar-refractivity contribution is 6.14. The third-order valence-corrected chi connectivity index (χ3v) is 6.72. The Morgan fingerprint density at radius 2 is 1.61 bits per heavy atom. The second-order valence-corrected chi connectivity index (χ2v) is 9.14. The molecule has 0 aromatic heterocycles. The summed E-state index contributed by atoms with van der Waals surface area (Å²) in [4.78, 5) is 30.6. The van der Waals surface area contributed by atoms with Crippen LogP contribution < -0.4 is 4.74 Å². The first-order valence-corrected chi connectivity index (χ1v) is 13.1. The third-order valence-electron chi connectivity index (χ3n) is 6.72. The second kappa shape index (κ2) is 12.9. The van der Waals surface area contributed by atoms with Crippen LogP contribution in [0.3, 0.4) is 0 Å². The summed E-state index contributed by atoms with van der Waals surface area (Å²) in [7, 11) is 0. The molecule has 0 saturated carbocycles. The van der Waals surface area contributed by atoms with Gasteiger partial charge in [0.05, 0.1) is 11.6 Å². The molecule has 0 bridgehead atoms. The van der Waals surface area contributed by atoms with E-state index in [1.54, 1.807) is 11.0 Å². The van der Waals surface area contributed by atoms with Crippen molar-refractivity contribution >= 4 is 17.8 Å². The highest BCUT2D eigenvalue weighted by atomic mass is 16.5. The number of aliphatic hydroxyl groups is 1. The SMILES string of the molecule is CCN(CC)CCCN1C(=O)C(O)=C(C(=O)/C=C/c2ccccc2)C1c1cccc(Oc2ccccc2)c1. The molecule has 1 amide bonds. The van der Waals surface area contributed by atoms with Crippen molar-refractivity contribution in [3.8, 4) is 11.5 Å². The van der Waals surface area contributed by atoms with E-state index in [2.05, 4.69) is 18.7 Å². The summed E-state index contributed by atoms with van der Waals surface area (Å²) >= 11 is 0. The number of nitrogens with zero attached hydrogens (tertiary/aromatic N) is 2. The van der Waals surface area contributed by atoms with Crippen LogP contribution in [0.1, 0.15) is 37.4 Å². The van der Waals surface area contributed by atoms with E-state index >= 15 is 0 Å². The van der Waals surface area contributed by atoms with Crippen LogP contribution in [-0.2, 0) is 9.59 Å².